The van der Waals surface area contributed by atoms with Crippen molar-refractivity contribution in [2.75, 3.05) is 5.73 Å². The molecule has 0 fully saturated rings. The Morgan fingerprint density at radius 3 is 2.82 bits per heavy atom. The third-order valence-electron chi connectivity index (χ3n) is 3.01. The zero-order chi connectivity index (χ0) is 15.7. The highest BCUT2D eigenvalue weighted by Crippen LogP contribution is 2.14. The van der Waals surface area contributed by atoms with Gasteiger partial charge in [0.25, 0.3) is 5.56 Å². The van der Waals surface area contributed by atoms with E-state index < -0.39 is 11.5 Å². The molecule has 2 aromatic heterocycles. The van der Waals surface area contributed by atoms with E-state index in [1.807, 2.05) is 12.1 Å². The van der Waals surface area contributed by atoms with E-state index in [0.29, 0.717) is 10.7 Å². The number of aromatic nitrogens is 4. The van der Waals surface area contributed by atoms with E-state index in [1.165, 1.54) is 0 Å². The van der Waals surface area contributed by atoms with Gasteiger partial charge in [0.15, 0.2) is 0 Å². The molecule has 0 unspecified atom stereocenters. The highest BCUT2D eigenvalue weighted by atomic mass is 32.1. The van der Waals surface area contributed by atoms with Crippen LogP contribution in [-0.4, -0.2) is 30.9 Å². The van der Waals surface area contributed by atoms with Crippen molar-refractivity contribution in [2.45, 2.75) is 12.8 Å². The molecule has 0 amide bonds. The molecule has 0 bridgehead atoms. The van der Waals surface area contributed by atoms with Crippen molar-refractivity contribution in [2.24, 2.45) is 0 Å². The smallest absolute Gasteiger partial charge is 0.310 e. The first-order chi connectivity index (χ1) is 10.5. The first-order valence-electron chi connectivity index (χ1n) is 6.34. The average molecular weight is 317 g/mol. The Hall–Kier alpha value is -2.81. The van der Waals surface area contributed by atoms with Crippen LogP contribution < -0.4 is 11.3 Å². The molecule has 22 heavy (non-hydrogen) atoms. The Morgan fingerprint density at radius 1 is 1.32 bits per heavy atom. The zero-order valence-corrected chi connectivity index (χ0v) is 12.1. The van der Waals surface area contributed by atoms with Crippen LogP contribution in [0.4, 0.5) is 5.69 Å². The van der Waals surface area contributed by atoms with E-state index >= 15 is 0 Å². The molecule has 0 saturated heterocycles. The molecule has 0 radical (unpaired) electrons. The summed E-state index contributed by atoms with van der Waals surface area (Å²) in [6, 6.07) is 7.18. The molecule has 2 heterocycles. The largest absolute Gasteiger partial charge is 0.481 e. The maximum Gasteiger partial charge on any atom is 0.310 e. The Bertz CT molecular complexity index is 917. The summed E-state index contributed by atoms with van der Waals surface area (Å²) in [4.78, 5) is 23.3. The second-order valence-corrected chi connectivity index (χ2v) is 5.63. The fourth-order valence-corrected chi connectivity index (χ4v) is 2.79. The number of nitrogens with two attached hydrogens (primary N) is 1. The van der Waals surface area contributed by atoms with Crippen LogP contribution in [0, 0.1) is 0 Å². The van der Waals surface area contributed by atoms with Crippen molar-refractivity contribution in [3.05, 3.63) is 50.9 Å². The number of hydrogen-bond donors (Lipinski definition) is 2. The van der Waals surface area contributed by atoms with Crippen molar-refractivity contribution >= 4 is 28.0 Å². The van der Waals surface area contributed by atoms with Crippen molar-refractivity contribution in [1.29, 1.82) is 0 Å². The molecule has 9 heteroatoms. The Kier molecular flexibility index (Phi) is 3.55. The van der Waals surface area contributed by atoms with Gasteiger partial charge in [-0.3, -0.25) is 9.59 Å². The number of hydrogen-bond acceptors (Lipinski definition) is 7. The number of anilines is 1. The minimum atomic E-state index is -1.02. The number of fused-ring (bicyclic) bond motifs is 1. The number of carboxylic acid groups (broad SMARTS) is 1. The fraction of sp³-hybridized carbons (Fsp3) is 0.154. The minimum absolute atomic E-state index is 0.211. The molecule has 8 nitrogen and oxygen atoms in total. The first-order valence-corrected chi connectivity index (χ1v) is 7.15. The molecule has 3 rings (SSSR count). The first kappa shape index (κ1) is 14.1. The second-order valence-electron chi connectivity index (χ2n) is 4.59. The molecular weight excluding hydrogens is 306 g/mol. The quantitative estimate of drug-likeness (QED) is 0.665. The van der Waals surface area contributed by atoms with Crippen molar-refractivity contribution < 1.29 is 9.90 Å². The van der Waals surface area contributed by atoms with Gasteiger partial charge in [-0.05, 0) is 11.6 Å². The minimum Gasteiger partial charge on any atom is -0.481 e. The third-order valence-corrected chi connectivity index (χ3v) is 3.91. The predicted molar refractivity (Wildman–Crippen MR) is 79.9 cm³/mol. The molecule has 3 N–H and O–H groups in total. The lowest BCUT2D eigenvalue weighted by Crippen LogP contribution is -2.22. The normalized spacial score (nSPS) is 10.9. The van der Waals surface area contributed by atoms with E-state index in [2.05, 4.69) is 15.3 Å². The van der Waals surface area contributed by atoms with E-state index in [9.17, 15) is 9.59 Å². The van der Waals surface area contributed by atoms with E-state index in [0.717, 1.165) is 21.4 Å². The van der Waals surface area contributed by atoms with Gasteiger partial charge in [-0.2, -0.15) is 9.61 Å². The lowest BCUT2D eigenvalue weighted by atomic mass is 10.1. The summed E-state index contributed by atoms with van der Waals surface area (Å²) in [6.07, 6.45) is -0.0122. The topological polar surface area (TPSA) is 123 Å². The van der Waals surface area contributed by atoms with Crippen LogP contribution in [0.25, 0.3) is 4.96 Å². The van der Waals surface area contributed by atoms with E-state index in [1.54, 1.807) is 12.1 Å². The molecule has 0 aliphatic heterocycles. The summed E-state index contributed by atoms with van der Waals surface area (Å²) in [5, 5.41) is 20.9. The zero-order valence-electron chi connectivity index (χ0n) is 11.3. The molecule has 3 aromatic rings. The van der Waals surface area contributed by atoms with Crippen LogP contribution in [-0.2, 0) is 17.6 Å². The third kappa shape index (κ3) is 2.66. The van der Waals surface area contributed by atoms with Gasteiger partial charge in [0.05, 0.1) is 6.42 Å². The molecule has 112 valence electrons. The van der Waals surface area contributed by atoms with Crippen molar-refractivity contribution in [3.63, 3.8) is 0 Å². The van der Waals surface area contributed by atoms with Gasteiger partial charge >= 0.3 is 5.97 Å². The molecule has 0 aliphatic rings. The standard InChI is InChI=1S/C13H11N5O3S/c14-8-4-2-1-3-7(8)5-9-12(21)18-13(16-15-9)22-10(17-18)6-11(19)20/h1-4H,5-6,14H2,(H,19,20). The number of benzene rings is 1. The van der Waals surface area contributed by atoms with Crippen LogP contribution in [0.1, 0.15) is 16.3 Å². The summed E-state index contributed by atoms with van der Waals surface area (Å²) < 4.78 is 1.09. The van der Waals surface area contributed by atoms with Gasteiger partial charge in [0.1, 0.15) is 10.7 Å². The number of nitrogen functional groups attached to an aromatic ring is 1. The number of aliphatic carboxylic acids is 1. The summed E-state index contributed by atoms with van der Waals surface area (Å²) in [5.74, 6) is -1.02. The number of carbonyl (C=O) groups is 1. The summed E-state index contributed by atoms with van der Waals surface area (Å²) in [6.45, 7) is 0. The lowest BCUT2D eigenvalue weighted by molar-refractivity contribution is -0.136. The van der Waals surface area contributed by atoms with Crippen LogP contribution in [0.3, 0.4) is 0 Å². The van der Waals surface area contributed by atoms with Gasteiger partial charge in [-0.25, -0.2) is 0 Å². The van der Waals surface area contributed by atoms with Gasteiger partial charge in [-0.1, -0.05) is 29.5 Å². The van der Waals surface area contributed by atoms with Crippen molar-refractivity contribution in [3.8, 4) is 0 Å². The van der Waals surface area contributed by atoms with Gasteiger partial charge in [-0.15, -0.1) is 10.2 Å². The van der Waals surface area contributed by atoms with Crippen LogP contribution >= 0.6 is 11.3 Å². The molecule has 1 aromatic carbocycles. The number of para-hydroxylation sites is 1. The molecular formula is C13H11N5O3S. The van der Waals surface area contributed by atoms with Crippen LogP contribution in [0.5, 0.6) is 0 Å². The van der Waals surface area contributed by atoms with E-state index in [4.69, 9.17) is 10.8 Å². The Labute approximate surface area is 127 Å². The van der Waals surface area contributed by atoms with E-state index in [-0.39, 0.29) is 23.5 Å². The molecule has 0 aliphatic carbocycles. The van der Waals surface area contributed by atoms with Gasteiger partial charge < -0.3 is 10.8 Å². The second kappa shape index (κ2) is 5.53. The summed E-state index contributed by atoms with van der Waals surface area (Å²) in [5.41, 5.74) is 6.99. The molecule has 0 atom stereocenters. The highest BCUT2D eigenvalue weighted by Gasteiger charge is 2.14. The highest BCUT2D eigenvalue weighted by molar-refractivity contribution is 7.16. The lowest BCUT2D eigenvalue weighted by Gasteiger charge is -2.03. The maximum absolute atomic E-state index is 12.4. The van der Waals surface area contributed by atoms with Crippen LogP contribution in [0.15, 0.2) is 29.1 Å². The maximum atomic E-state index is 12.4. The molecule has 0 spiro atoms. The van der Waals surface area contributed by atoms with Crippen LogP contribution in [0.2, 0.25) is 0 Å². The number of carboxylic acids is 1. The van der Waals surface area contributed by atoms with Crippen molar-refractivity contribution in [1.82, 2.24) is 19.8 Å². The average Bonchev–Trinajstić information content (AvgIpc) is 2.87. The Balaban J connectivity index is 2.01. The molecule has 0 saturated carbocycles. The SMILES string of the molecule is Nc1ccccc1Cc1nnc2sc(CC(=O)O)nn2c1=O. The monoisotopic (exact) mass is 317 g/mol. The summed E-state index contributed by atoms with van der Waals surface area (Å²) in [7, 11) is 0. The summed E-state index contributed by atoms with van der Waals surface area (Å²) >= 11 is 1.03. The number of nitrogens with zero attached hydrogens (tertiary/aromatic N) is 4. The predicted octanol–water partition coefficient (Wildman–Crippen LogP) is 0.346. The fourth-order valence-electron chi connectivity index (χ4n) is 1.97. The number of rotatable bonds is 4. The van der Waals surface area contributed by atoms with Gasteiger partial charge in [0, 0.05) is 12.1 Å². The Morgan fingerprint density at radius 2 is 2.09 bits per heavy atom. The van der Waals surface area contributed by atoms with Gasteiger partial charge in [0.2, 0.25) is 4.96 Å².